The fourth-order valence-corrected chi connectivity index (χ4v) is 2.06. The van der Waals surface area contributed by atoms with Gasteiger partial charge in [0, 0.05) is 16.6 Å². The third kappa shape index (κ3) is 3.93. The van der Waals surface area contributed by atoms with Crippen molar-refractivity contribution in [1.82, 2.24) is 5.32 Å². The highest BCUT2D eigenvalue weighted by Crippen LogP contribution is 2.27. The van der Waals surface area contributed by atoms with Crippen LogP contribution < -0.4 is 10.1 Å². The number of carbonyl (C=O) groups excluding carboxylic acids is 1. The molecule has 1 rings (SSSR count). The molecule has 0 saturated heterocycles. The number of ether oxygens (including phenoxy) is 1. The van der Waals surface area contributed by atoms with Crippen molar-refractivity contribution in [2.75, 3.05) is 7.11 Å². The number of methoxy groups -OCH3 is 1. The largest absolute Gasteiger partial charge is 0.496 e. The Labute approximate surface area is 107 Å². The van der Waals surface area contributed by atoms with E-state index in [1.807, 2.05) is 26.8 Å². The average molecular weight is 256 g/mol. The quantitative estimate of drug-likeness (QED) is 0.899. The van der Waals surface area contributed by atoms with Crippen molar-refractivity contribution < 1.29 is 9.53 Å². The number of carbonyl (C=O) groups is 1. The van der Waals surface area contributed by atoms with Crippen LogP contribution in [0.15, 0.2) is 12.1 Å². The topological polar surface area (TPSA) is 38.3 Å². The minimum atomic E-state index is -0.0278. The Balaban J connectivity index is 2.93. The van der Waals surface area contributed by atoms with Gasteiger partial charge in [0.15, 0.2) is 0 Å². The number of nitrogens with one attached hydrogen (secondary N) is 1. The molecule has 0 bridgehead atoms. The summed E-state index contributed by atoms with van der Waals surface area (Å²) in [5, 5.41) is 3.46. The van der Waals surface area contributed by atoms with E-state index in [1.165, 1.54) is 0 Å². The van der Waals surface area contributed by atoms with E-state index in [1.54, 1.807) is 13.2 Å². The number of aryl methyl sites for hydroxylation is 1. The number of halogens is 1. The van der Waals surface area contributed by atoms with Crippen LogP contribution in [0.1, 0.15) is 25.0 Å². The lowest BCUT2D eigenvalue weighted by molar-refractivity contribution is -0.120. The van der Waals surface area contributed by atoms with Crippen molar-refractivity contribution in [2.24, 2.45) is 0 Å². The Bertz CT molecular complexity index is 416. The van der Waals surface area contributed by atoms with Gasteiger partial charge in [0.05, 0.1) is 13.5 Å². The molecule has 0 heterocycles. The van der Waals surface area contributed by atoms with Gasteiger partial charge in [-0.05, 0) is 38.5 Å². The molecule has 0 saturated carbocycles. The molecule has 1 amide bonds. The summed E-state index contributed by atoms with van der Waals surface area (Å²) in [7, 11) is 1.60. The molecule has 0 spiro atoms. The lowest BCUT2D eigenvalue weighted by Crippen LogP contribution is -2.31. The molecule has 0 aliphatic rings. The molecule has 0 unspecified atom stereocenters. The molecule has 1 aromatic rings. The monoisotopic (exact) mass is 255 g/mol. The van der Waals surface area contributed by atoms with Gasteiger partial charge in [0.2, 0.25) is 5.91 Å². The Kier molecular flexibility index (Phi) is 4.82. The zero-order valence-electron chi connectivity index (χ0n) is 10.6. The smallest absolute Gasteiger partial charge is 0.224 e. The molecule has 4 heteroatoms. The Morgan fingerprint density at radius 3 is 2.65 bits per heavy atom. The maximum Gasteiger partial charge on any atom is 0.224 e. The van der Waals surface area contributed by atoms with Gasteiger partial charge in [-0.2, -0.15) is 0 Å². The van der Waals surface area contributed by atoms with E-state index in [2.05, 4.69) is 5.32 Å². The molecule has 0 atom stereocenters. The predicted octanol–water partition coefficient (Wildman–Crippen LogP) is 2.72. The van der Waals surface area contributed by atoms with Gasteiger partial charge in [-0.15, -0.1) is 0 Å². The molecule has 1 N–H and O–H groups in total. The molecule has 0 aliphatic carbocycles. The Morgan fingerprint density at radius 1 is 1.47 bits per heavy atom. The summed E-state index contributed by atoms with van der Waals surface area (Å²) >= 11 is 5.98. The van der Waals surface area contributed by atoms with Crippen LogP contribution in [0, 0.1) is 6.92 Å². The lowest BCUT2D eigenvalue weighted by Gasteiger charge is -2.13. The first-order valence-electron chi connectivity index (χ1n) is 5.56. The zero-order chi connectivity index (χ0) is 13.0. The minimum Gasteiger partial charge on any atom is -0.496 e. The first-order valence-corrected chi connectivity index (χ1v) is 5.94. The maximum absolute atomic E-state index is 11.7. The van der Waals surface area contributed by atoms with Crippen molar-refractivity contribution in [2.45, 2.75) is 33.2 Å². The summed E-state index contributed by atoms with van der Waals surface area (Å²) in [6.07, 6.45) is 0.281. The molecule has 0 aliphatic heterocycles. The van der Waals surface area contributed by atoms with Crippen LogP contribution in [0.25, 0.3) is 0 Å². The molecule has 0 radical (unpaired) electrons. The van der Waals surface area contributed by atoms with E-state index >= 15 is 0 Å². The minimum absolute atomic E-state index is 0.0278. The highest BCUT2D eigenvalue weighted by Gasteiger charge is 2.12. The second-order valence-corrected chi connectivity index (χ2v) is 4.75. The molecular weight excluding hydrogens is 238 g/mol. The van der Waals surface area contributed by atoms with E-state index in [0.717, 1.165) is 16.9 Å². The highest BCUT2D eigenvalue weighted by atomic mass is 35.5. The zero-order valence-corrected chi connectivity index (χ0v) is 11.4. The third-order valence-corrected chi connectivity index (χ3v) is 2.54. The molecule has 94 valence electrons. The second-order valence-electron chi connectivity index (χ2n) is 4.31. The lowest BCUT2D eigenvalue weighted by atomic mass is 10.1. The summed E-state index contributed by atoms with van der Waals surface area (Å²) < 4.78 is 5.30. The van der Waals surface area contributed by atoms with Gasteiger partial charge < -0.3 is 10.1 Å². The van der Waals surface area contributed by atoms with Gasteiger partial charge in [-0.3, -0.25) is 4.79 Å². The Morgan fingerprint density at radius 2 is 2.12 bits per heavy atom. The van der Waals surface area contributed by atoms with E-state index in [-0.39, 0.29) is 18.4 Å². The number of hydrogen-bond acceptors (Lipinski definition) is 2. The number of hydrogen-bond donors (Lipinski definition) is 1. The van der Waals surface area contributed by atoms with Gasteiger partial charge in [-0.25, -0.2) is 0 Å². The van der Waals surface area contributed by atoms with Crippen LogP contribution in [0.2, 0.25) is 5.02 Å². The van der Waals surface area contributed by atoms with Crippen molar-refractivity contribution in [1.29, 1.82) is 0 Å². The molecule has 3 nitrogen and oxygen atoms in total. The molecule has 1 aromatic carbocycles. The Hall–Kier alpha value is -1.22. The van der Waals surface area contributed by atoms with Crippen LogP contribution in [0.4, 0.5) is 0 Å². The summed E-state index contributed by atoms with van der Waals surface area (Å²) in [5.41, 5.74) is 1.75. The first-order chi connectivity index (χ1) is 7.93. The number of benzene rings is 1. The first kappa shape index (κ1) is 13.8. The molecule has 0 aromatic heterocycles. The summed E-state index contributed by atoms with van der Waals surface area (Å²) in [5.74, 6) is 0.702. The predicted molar refractivity (Wildman–Crippen MR) is 69.7 cm³/mol. The van der Waals surface area contributed by atoms with Gasteiger partial charge in [0.25, 0.3) is 0 Å². The van der Waals surface area contributed by atoms with Crippen LogP contribution in [-0.2, 0) is 11.2 Å². The van der Waals surface area contributed by atoms with Crippen LogP contribution in [0.5, 0.6) is 5.75 Å². The van der Waals surface area contributed by atoms with Crippen LogP contribution >= 0.6 is 11.6 Å². The van der Waals surface area contributed by atoms with E-state index < -0.39 is 0 Å². The average Bonchev–Trinajstić information content (AvgIpc) is 2.15. The SMILES string of the molecule is COc1c(C)cc(Cl)cc1CC(=O)NC(C)C. The standard InChI is InChI=1S/C13H18ClNO2/c1-8(2)15-12(16)7-10-6-11(14)5-9(3)13(10)17-4/h5-6,8H,7H2,1-4H3,(H,15,16). The normalized spacial score (nSPS) is 10.5. The number of rotatable bonds is 4. The molecular formula is C13H18ClNO2. The van der Waals surface area contributed by atoms with Crippen molar-refractivity contribution in [3.05, 3.63) is 28.3 Å². The molecule has 0 fully saturated rings. The fraction of sp³-hybridized carbons (Fsp3) is 0.462. The summed E-state index contributed by atoms with van der Waals surface area (Å²) in [6, 6.07) is 3.73. The van der Waals surface area contributed by atoms with E-state index in [0.29, 0.717) is 5.02 Å². The van der Waals surface area contributed by atoms with Gasteiger partial charge in [-0.1, -0.05) is 11.6 Å². The maximum atomic E-state index is 11.7. The second kappa shape index (κ2) is 5.92. The number of amides is 1. The molecule has 17 heavy (non-hydrogen) atoms. The van der Waals surface area contributed by atoms with Crippen molar-refractivity contribution >= 4 is 17.5 Å². The summed E-state index contributed by atoms with van der Waals surface area (Å²) in [6.45, 7) is 5.77. The van der Waals surface area contributed by atoms with Crippen LogP contribution in [0.3, 0.4) is 0 Å². The third-order valence-electron chi connectivity index (χ3n) is 2.32. The van der Waals surface area contributed by atoms with Gasteiger partial charge >= 0.3 is 0 Å². The summed E-state index contributed by atoms with van der Waals surface area (Å²) in [4.78, 5) is 11.7. The van der Waals surface area contributed by atoms with Gasteiger partial charge in [0.1, 0.15) is 5.75 Å². The van der Waals surface area contributed by atoms with Crippen LogP contribution in [-0.4, -0.2) is 19.1 Å². The van der Waals surface area contributed by atoms with E-state index in [4.69, 9.17) is 16.3 Å². The van der Waals surface area contributed by atoms with Crippen molar-refractivity contribution in [3.63, 3.8) is 0 Å². The van der Waals surface area contributed by atoms with E-state index in [9.17, 15) is 4.79 Å². The highest BCUT2D eigenvalue weighted by molar-refractivity contribution is 6.30. The van der Waals surface area contributed by atoms with Crippen molar-refractivity contribution in [3.8, 4) is 5.75 Å². The fourth-order valence-electron chi connectivity index (χ4n) is 1.77.